The zero-order valence-electron chi connectivity index (χ0n) is 15.9. The summed E-state index contributed by atoms with van der Waals surface area (Å²) in [7, 11) is 0. The van der Waals surface area contributed by atoms with Crippen molar-refractivity contribution in [3.05, 3.63) is 69.8 Å². The Morgan fingerprint density at radius 1 is 0.917 bits per heavy atom. The Morgan fingerprint density at radius 2 is 1.46 bits per heavy atom. The molecule has 2 aromatic carbocycles. The summed E-state index contributed by atoms with van der Waals surface area (Å²) < 4.78 is 0. The number of rotatable bonds is 3. The maximum Gasteiger partial charge on any atom is 0.252 e. The summed E-state index contributed by atoms with van der Waals surface area (Å²) in [6.45, 7) is 14.7. The third-order valence-electron chi connectivity index (χ3n) is 4.71. The number of carbonyl (C=O) groups is 1. The number of hydrogen-bond acceptors (Lipinski definition) is 1. The summed E-state index contributed by atoms with van der Waals surface area (Å²) in [5.74, 6) is -0.0111. The van der Waals surface area contributed by atoms with Crippen LogP contribution in [0.25, 0.3) is 0 Å². The Bertz CT molecular complexity index is 736. The largest absolute Gasteiger partial charge is 0.346 e. The second kappa shape index (κ2) is 6.80. The highest BCUT2D eigenvalue weighted by Crippen LogP contribution is 2.24. The fourth-order valence-corrected chi connectivity index (χ4v) is 2.83. The number of aryl methyl sites for hydroxylation is 3. The van der Waals surface area contributed by atoms with Crippen LogP contribution in [0.4, 0.5) is 0 Å². The standard InChI is InChI=1S/C22H29NO/c1-14-12-16(3)20(13-15(14)2)21(24)23-17(4)18-8-10-19(11-9-18)22(5,6)7/h8-13,17H,1-7H3,(H,23,24)/t17-/m1/s1. The number of nitrogens with one attached hydrogen (secondary N) is 1. The second-order valence-electron chi connectivity index (χ2n) is 7.82. The molecule has 0 saturated carbocycles. The van der Waals surface area contributed by atoms with E-state index in [-0.39, 0.29) is 17.4 Å². The lowest BCUT2D eigenvalue weighted by atomic mass is 9.86. The summed E-state index contributed by atoms with van der Waals surface area (Å²) in [6, 6.07) is 12.6. The number of hydrogen-bond donors (Lipinski definition) is 1. The van der Waals surface area contributed by atoms with Gasteiger partial charge in [-0.3, -0.25) is 4.79 Å². The van der Waals surface area contributed by atoms with Crippen LogP contribution in [0.5, 0.6) is 0 Å². The van der Waals surface area contributed by atoms with E-state index in [1.165, 1.54) is 11.1 Å². The average Bonchev–Trinajstić information content (AvgIpc) is 2.50. The molecule has 2 rings (SSSR count). The summed E-state index contributed by atoms with van der Waals surface area (Å²) in [5.41, 5.74) is 6.71. The van der Waals surface area contributed by atoms with Gasteiger partial charge in [-0.1, -0.05) is 51.1 Å². The molecule has 0 aliphatic heterocycles. The van der Waals surface area contributed by atoms with Crippen LogP contribution >= 0.6 is 0 Å². The molecule has 0 unspecified atom stereocenters. The van der Waals surface area contributed by atoms with Crippen molar-refractivity contribution in [2.75, 3.05) is 0 Å². The molecule has 0 fully saturated rings. The molecule has 1 atom stereocenters. The molecule has 2 aromatic rings. The van der Waals surface area contributed by atoms with Crippen molar-refractivity contribution in [3.8, 4) is 0 Å². The minimum absolute atomic E-state index is 0.0111. The first-order valence-electron chi connectivity index (χ1n) is 8.58. The van der Waals surface area contributed by atoms with Crippen LogP contribution in [0.2, 0.25) is 0 Å². The molecule has 1 amide bonds. The summed E-state index contributed by atoms with van der Waals surface area (Å²) in [5, 5.41) is 3.12. The summed E-state index contributed by atoms with van der Waals surface area (Å²) >= 11 is 0. The van der Waals surface area contributed by atoms with Gasteiger partial charge in [0, 0.05) is 5.56 Å². The van der Waals surface area contributed by atoms with Gasteiger partial charge in [-0.05, 0) is 67.0 Å². The van der Waals surface area contributed by atoms with Gasteiger partial charge in [0.2, 0.25) is 0 Å². The lowest BCUT2D eigenvalue weighted by molar-refractivity contribution is 0.0939. The van der Waals surface area contributed by atoms with Gasteiger partial charge in [-0.15, -0.1) is 0 Å². The topological polar surface area (TPSA) is 29.1 Å². The van der Waals surface area contributed by atoms with Crippen molar-refractivity contribution in [2.24, 2.45) is 0 Å². The van der Waals surface area contributed by atoms with Gasteiger partial charge in [-0.25, -0.2) is 0 Å². The number of amides is 1. The zero-order chi connectivity index (χ0) is 18.1. The van der Waals surface area contributed by atoms with E-state index in [1.54, 1.807) is 0 Å². The van der Waals surface area contributed by atoms with Gasteiger partial charge in [0.25, 0.3) is 5.91 Å². The first-order valence-corrected chi connectivity index (χ1v) is 8.58. The van der Waals surface area contributed by atoms with E-state index in [0.29, 0.717) is 0 Å². The Hall–Kier alpha value is -2.09. The monoisotopic (exact) mass is 323 g/mol. The van der Waals surface area contributed by atoms with Crippen LogP contribution in [0.3, 0.4) is 0 Å². The lowest BCUT2D eigenvalue weighted by Crippen LogP contribution is -2.27. The Kier molecular flexibility index (Phi) is 5.17. The van der Waals surface area contributed by atoms with Crippen molar-refractivity contribution >= 4 is 5.91 Å². The normalized spacial score (nSPS) is 12.8. The molecule has 0 saturated heterocycles. The van der Waals surface area contributed by atoms with Crippen LogP contribution < -0.4 is 5.32 Å². The fourth-order valence-electron chi connectivity index (χ4n) is 2.83. The molecule has 2 nitrogen and oxygen atoms in total. The highest BCUT2D eigenvalue weighted by molar-refractivity contribution is 5.96. The predicted molar refractivity (Wildman–Crippen MR) is 102 cm³/mol. The van der Waals surface area contributed by atoms with Gasteiger partial charge in [-0.2, -0.15) is 0 Å². The molecule has 0 aliphatic carbocycles. The van der Waals surface area contributed by atoms with Crippen LogP contribution in [0, 0.1) is 20.8 Å². The molecule has 2 heteroatoms. The molecule has 1 N–H and O–H groups in total. The molecule has 0 bridgehead atoms. The molecule has 24 heavy (non-hydrogen) atoms. The van der Waals surface area contributed by atoms with Crippen molar-refractivity contribution in [2.45, 2.75) is 59.9 Å². The predicted octanol–water partition coefficient (Wildman–Crippen LogP) is 5.40. The minimum Gasteiger partial charge on any atom is -0.346 e. The van der Waals surface area contributed by atoms with E-state index in [0.717, 1.165) is 22.3 Å². The van der Waals surface area contributed by atoms with E-state index in [4.69, 9.17) is 0 Å². The molecule has 128 valence electrons. The third-order valence-corrected chi connectivity index (χ3v) is 4.71. The van der Waals surface area contributed by atoms with Gasteiger partial charge < -0.3 is 5.32 Å². The van der Waals surface area contributed by atoms with Crippen molar-refractivity contribution in [3.63, 3.8) is 0 Å². The third kappa shape index (κ3) is 4.05. The quantitative estimate of drug-likeness (QED) is 0.805. The molecule has 0 spiro atoms. The molecule has 0 radical (unpaired) electrons. The van der Waals surface area contributed by atoms with E-state index in [9.17, 15) is 4.79 Å². The summed E-state index contributed by atoms with van der Waals surface area (Å²) in [6.07, 6.45) is 0. The van der Waals surface area contributed by atoms with E-state index < -0.39 is 0 Å². The Balaban J connectivity index is 2.16. The zero-order valence-corrected chi connectivity index (χ0v) is 15.9. The van der Waals surface area contributed by atoms with Crippen molar-refractivity contribution in [1.29, 1.82) is 0 Å². The van der Waals surface area contributed by atoms with Gasteiger partial charge in [0.05, 0.1) is 6.04 Å². The SMILES string of the molecule is Cc1cc(C)c(C(=O)N[C@H](C)c2ccc(C(C)(C)C)cc2)cc1C. The average molecular weight is 323 g/mol. The molecular formula is C22H29NO. The van der Waals surface area contributed by atoms with Gasteiger partial charge >= 0.3 is 0 Å². The Morgan fingerprint density at radius 3 is 2.00 bits per heavy atom. The van der Waals surface area contributed by atoms with Crippen molar-refractivity contribution < 1.29 is 4.79 Å². The Labute approximate surface area is 146 Å². The second-order valence-corrected chi connectivity index (χ2v) is 7.82. The maximum atomic E-state index is 12.6. The molecule has 0 aliphatic rings. The van der Waals surface area contributed by atoms with E-state index >= 15 is 0 Å². The van der Waals surface area contributed by atoms with E-state index in [1.807, 2.05) is 26.8 Å². The number of benzene rings is 2. The summed E-state index contributed by atoms with van der Waals surface area (Å²) in [4.78, 5) is 12.6. The molecule has 0 heterocycles. The van der Waals surface area contributed by atoms with Crippen LogP contribution in [-0.4, -0.2) is 5.91 Å². The molecular weight excluding hydrogens is 294 g/mol. The first-order chi connectivity index (χ1) is 11.1. The van der Waals surface area contributed by atoms with E-state index in [2.05, 4.69) is 63.3 Å². The lowest BCUT2D eigenvalue weighted by Gasteiger charge is -2.21. The van der Waals surface area contributed by atoms with Gasteiger partial charge in [0.15, 0.2) is 0 Å². The highest BCUT2D eigenvalue weighted by atomic mass is 16.1. The van der Waals surface area contributed by atoms with Crippen molar-refractivity contribution in [1.82, 2.24) is 5.32 Å². The minimum atomic E-state index is -0.0208. The first kappa shape index (κ1) is 18.3. The maximum absolute atomic E-state index is 12.6. The van der Waals surface area contributed by atoms with Crippen LogP contribution in [0.1, 0.15) is 71.9 Å². The molecule has 0 aromatic heterocycles. The fraction of sp³-hybridized carbons (Fsp3) is 0.409. The smallest absolute Gasteiger partial charge is 0.252 e. The highest BCUT2D eigenvalue weighted by Gasteiger charge is 2.16. The number of carbonyl (C=O) groups excluding carboxylic acids is 1. The van der Waals surface area contributed by atoms with Crippen LogP contribution in [-0.2, 0) is 5.41 Å². The van der Waals surface area contributed by atoms with Crippen LogP contribution in [0.15, 0.2) is 36.4 Å². The van der Waals surface area contributed by atoms with Gasteiger partial charge in [0.1, 0.15) is 0 Å².